The monoisotopic (exact) mass is 355 g/mol. The highest BCUT2D eigenvalue weighted by Crippen LogP contribution is 2.32. The third kappa shape index (κ3) is 3.36. The van der Waals surface area contributed by atoms with E-state index in [1.54, 1.807) is 0 Å². The van der Waals surface area contributed by atoms with Gasteiger partial charge in [0.2, 0.25) is 0 Å². The molecular formula is C21H29N3O2. The number of aromatic nitrogens is 1. The van der Waals surface area contributed by atoms with Gasteiger partial charge in [-0.2, -0.15) is 0 Å². The second-order valence-electron chi connectivity index (χ2n) is 7.15. The Kier molecular flexibility index (Phi) is 5.37. The third-order valence-corrected chi connectivity index (χ3v) is 5.66. The maximum absolute atomic E-state index is 12.0. The fourth-order valence-electron chi connectivity index (χ4n) is 4.07. The number of nitrogens with zero attached hydrogens (tertiary/aromatic N) is 3. The molecule has 1 aliphatic heterocycles. The lowest BCUT2D eigenvalue weighted by Gasteiger charge is -2.36. The van der Waals surface area contributed by atoms with Crippen molar-refractivity contribution >= 4 is 11.7 Å². The van der Waals surface area contributed by atoms with Gasteiger partial charge in [-0.3, -0.25) is 0 Å². The summed E-state index contributed by atoms with van der Waals surface area (Å²) in [4.78, 5) is 16.8. The Morgan fingerprint density at radius 3 is 2.31 bits per heavy atom. The molecule has 0 amide bonds. The second-order valence-corrected chi connectivity index (χ2v) is 7.15. The Hall–Kier alpha value is -2.27. The molecule has 0 radical (unpaired) electrons. The minimum atomic E-state index is -0.849. The van der Waals surface area contributed by atoms with Gasteiger partial charge in [0.15, 0.2) is 0 Å². The average Bonchev–Trinajstić information content (AvgIpc) is 2.87. The maximum Gasteiger partial charge on any atom is 0.352 e. The van der Waals surface area contributed by atoms with Crippen molar-refractivity contribution in [2.45, 2.75) is 34.2 Å². The highest BCUT2D eigenvalue weighted by molar-refractivity contribution is 5.91. The number of hydrogen-bond acceptors (Lipinski definition) is 3. The molecule has 2 heterocycles. The van der Waals surface area contributed by atoms with Crippen molar-refractivity contribution in [1.82, 2.24) is 9.47 Å². The van der Waals surface area contributed by atoms with Crippen LogP contribution in [0.1, 0.15) is 39.8 Å². The Morgan fingerprint density at radius 2 is 1.73 bits per heavy atom. The molecule has 1 aromatic heterocycles. The largest absolute Gasteiger partial charge is 0.477 e. The summed E-state index contributed by atoms with van der Waals surface area (Å²) in [6.45, 7) is 13.9. The van der Waals surface area contributed by atoms with Crippen LogP contribution in [0.5, 0.6) is 0 Å². The molecule has 0 unspecified atom stereocenters. The van der Waals surface area contributed by atoms with Gasteiger partial charge in [0.25, 0.3) is 0 Å². The highest BCUT2D eigenvalue weighted by atomic mass is 16.4. The first-order valence-electron chi connectivity index (χ1n) is 9.38. The van der Waals surface area contributed by atoms with Crippen LogP contribution in [0.25, 0.3) is 0 Å². The fourth-order valence-corrected chi connectivity index (χ4v) is 4.07. The first-order valence-corrected chi connectivity index (χ1v) is 9.38. The number of piperazine rings is 1. The summed E-state index contributed by atoms with van der Waals surface area (Å²) >= 11 is 0. The van der Waals surface area contributed by atoms with Gasteiger partial charge in [-0.25, -0.2) is 4.79 Å². The topological polar surface area (TPSA) is 48.7 Å². The number of carbonyl (C=O) groups is 1. The van der Waals surface area contributed by atoms with Crippen molar-refractivity contribution in [3.63, 3.8) is 0 Å². The molecule has 1 aliphatic rings. The van der Waals surface area contributed by atoms with Crippen molar-refractivity contribution in [2.24, 2.45) is 0 Å². The zero-order valence-corrected chi connectivity index (χ0v) is 16.2. The molecule has 5 nitrogen and oxygen atoms in total. The van der Waals surface area contributed by atoms with Crippen molar-refractivity contribution in [3.05, 3.63) is 52.3 Å². The van der Waals surface area contributed by atoms with E-state index in [0.29, 0.717) is 12.2 Å². The van der Waals surface area contributed by atoms with Crippen LogP contribution in [0.4, 0.5) is 5.69 Å². The van der Waals surface area contributed by atoms with E-state index in [4.69, 9.17) is 0 Å². The average molecular weight is 355 g/mol. The van der Waals surface area contributed by atoms with E-state index >= 15 is 0 Å². The molecule has 1 N–H and O–H groups in total. The van der Waals surface area contributed by atoms with Crippen LogP contribution in [0.3, 0.4) is 0 Å². The molecule has 0 spiro atoms. The zero-order valence-electron chi connectivity index (χ0n) is 16.2. The maximum atomic E-state index is 12.0. The molecule has 2 aromatic rings. The number of hydrogen-bond donors (Lipinski definition) is 1. The number of carboxylic acids is 1. The molecule has 0 aliphatic carbocycles. The van der Waals surface area contributed by atoms with Crippen LogP contribution in [-0.2, 0) is 6.54 Å². The van der Waals surface area contributed by atoms with Crippen LogP contribution in [0.2, 0.25) is 0 Å². The van der Waals surface area contributed by atoms with E-state index in [1.807, 2.05) is 23.6 Å². The van der Waals surface area contributed by atoms with Gasteiger partial charge in [0.1, 0.15) is 5.69 Å². The van der Waals surface area contributed by atoms with Crippen LogP contribution in [0.15, 0.2) is 24.3 Å². The lowest BCUT2D eigenvalue weighted by atomic mass is 10.1. The number of carboxylic acid groups (broad SMARTS) is 1. The molecule has 5 heteroatoms. The summed E-state index contributed by atoms with van der Waals surface area (Å²) in [5, 5.41) is 9.86. The van der Waals surface area contributed by atoms with E-state index in [2.05, 4.69) is 42.7 Å². The first kappa shape index (κ1) is 18.5. The molecule has 140 valence electrons. The number of rotatable bonds is 5. The fraction of sp³-hybridized carbons (Fsp3) is 0.476. The van der Waals surface area contributed by atoms with Crippen molar-refractivity contribution in [2.75, 3.05) is 37.6 Å². The van der Waals surface area contributed by atoms with Gasteiger partial charge in [0.05, 0.1) is 5.69 Å². The zero-order chi connectivity index (χ0) is 18.8. The predicted molar refractivity (Wildman–Crippen MR) is 105 cm³/mol. The van der Waals surface area contributed by atoms with Gasteiger partial charge in [-0.15, -0.1) is 0 Å². The SMILES string of the molecule is CCN1CCN(c2c(C)c(C(=O)O)n(Cc3ccccc3C)c2C)CC1. The van der Waals surface area contributed by atoms with Crippen LogP contribution in [-0.4, -0.2) is 53.3 Å². The quantitative estimate of drug-likeness (QED) is 0.894. The van der Waals surface area contributed by atoms with Gasteiger partial charge >= 0.3 is 5.97 Å². The molecule has 26 heavy (non-hydrogen) atoms. The van der Waals surface area contributed by atoms with Crippen molar-refractivity contribution in [1.29, 1.82) is 0 Å². The minimum absolute atomic E-state index is 0.415. The second kappa shape index (κ2) is 7.54. The lowest BCUT2D eigenvalue weighted by molar-refractivity contribution is 0.0684. The highest BCUT2D eigenvalue weighted by Gasteiger charge is 2.27. The van der Waals surface area contributed by atoms with E-state index in [1.165, 1.54) is 5.56 Å². The normalized spacial score (nSPS) is 15.5. The Bertz CT molecular complexity index is 802. The van der Waals surface area contributed by atoms with Crippen molar-refractivity contribution in [3.8, 4) is 0 Å². The third-order valence-electron chi connectivity index (χ3n) is 5.66. The smallest absolute Gasteiger partial charge is 0.352 e. The predicted octanol–water partition coefficient (Wildman–Crippen LogP) is 3.30. The van der Waals surface area contributed by atoms with Crippen LogP contribution in [0, 0.1) is 20.8 Å². The van der Waals surface area contributed by atoms with Gasteiger partial charge in [-0.05, 0) is 38.4 Å². The Morgan fingerprint density at radius 1 is 1.08 bits per heavy atom. The summed E-state index contributed by atoms with van der Waals surface area (Å²) in [6, 6.07) is 8.18. The van der Waals surface area contributed by atoms with Crippen LogP contribution >= 0.6 is 0 Å². The van der Waals surface area contributed by atoms with E-state index < -0.39 is 5.97 Å². The first-order chi connectivity index (χ1) is 12.4. The number of likely N-dealkylation sites (N-methyl/N-ethyl adjacent to an activating group) is 1. The van der Waals surface area contributed by atoms with E-state index in [-0.39, 0.29) is 0 Å². The van der Waals surface area contributed by atoms with Crippen molar-refractivity contribution < 1.29 is 9.90 Å². The summed E-state index contributed by atoms with van der Waals surface area (Å²) in [5.74, 6) is -0.849. The van der Waals surface area contributed by atoms with E-state index in [0.717, 1.165) is 55.2 Å². The molecule has 1 fully saturated rings. The number of aryl methyl sites for hydroxylation is 1. The molecule has 0 atom stereocenters. The standard InChI is InChI=1S/C21H29N3O2/c1-5-22-10-12-23(13-11-22)19-16(3)20(21(25)26)24(17(19)4)14-18-9-7-6-8-15(18)2/h6-9H,5,10-14H2,1-4H3,(H,25,26). The van der Waals surface area contributed by atoms with Gasteiger partial charge in [-0.1, -0.05) is 31.2 Å². The summed E-state index contributed by atoms with van der Waals surface area (Å²) < 4.78 is 1.97. The minimum Gasteiger partial charge on any atom is -0.477 e. The lowest BCUT2D eigenvalue weighted by Crippen LogP contribution is -2.46. The molecule has 3 rings (SSSR count). The summed E-state index contributed by atoms with van der Waals surface area (Å²) in [7, 11) is 0. The molecule has 0 saturated carbocycles. The molecular weight excluding hydrogens is 326 g/mol. The van der Waals surface area contributed by atoms with Gasteiger partial charge in [0, 0.05) is 44.0 Å². The Balaban J connectivity index is 2.00. The number of benzene rings is 1. The Labute approximate surface area is 155 Å². The number of aromatic carboxylic acids is 1. The summed E-state index contributed by atoms with van der Waals surface area (Å²) in [6.07, 6.45) is 0. The molecule has 1 aromatic carbocycles. The molecule has 1 saturated heterocycles. The van der Waals surface area contributed by atoms with Gasteiger partial charge < -0.3 is 19.5 Å². The summed E-state index contributed by atoms with van der Waals surface area (Å²) in [5.41, 5.74) is 5.80. The van der Waals surface area contributed by atoms with E-state index in [9.17, 15) is 9.90 Å². The molecule has 0 bridgehead atoms. The van der Waals surface area contributed by atoms with Crippen LogP contribution < -0.4 is 4.90 Å². The number of anilines is 1.